The maximum Gasteiger partial charge on any atom is 0.249 e. The van der Waals surface area contributed by atoms with Crippen molar-refractivity contribution in [1.82, 2.24) is 14.7 Å². The first kappa shape index (κ1) is 18.6. The first-order valence-corrected chi connectivity index (χ1v) is 9.17. The highest BCUT2D eigenvalue weighted by atomic mass is 16.5. The summed E-state index contributed by atoms with van der Waals surface area (Å²) in [7, 11) is 1.64. The van der Waals surface area contributed by atoms with E-state index in [4.69, 9.17) is 14.2 Å². The Labute approximate surface area is 149 Å². The van der Waals surface area contributed by atoms with Gasteiger partial charge in [0.2, 0.25) is 11.8 Å². The topological polar surface area (TPSA) is 71.5 Å². The average molecular weight is 355 g/mol. The lowest BCUT2D eigenvalue weighted by Gasteiger charge is -2.40. The first-order chi connectivity index (χ1) is 12.2. The zero-order chi connectivity index (χ0) is 17.6. The molecule has 0 aromatic rings. The smallest absolute Gasteiger partial charge is 0.249 e. The molecule has 3 heterocycles. The molecule has 0 bridgehead atoms. The fourth-order valence-corrected chi connectivity index (χ4v) is 3.84. The van der Waals surface area contributed by atoms with E-state index >= 15 is 0 Å². The van der Waals surface area contributed by atoms with Crippen LogP contribution < -0.4 is 0 Å². The minimum atomic E-state index is 0.00995. The number of hydrogen-bond donors (Lipinski definition) is 0. The minimum Gasteiger partial charge on any atom is -0.383 e. The molecule has 3 saturated heterocycles. The number of morpholine rings is 2. The Morgan fingerprint density at radius 3 is 2.72 bits per heavy atom. The van der Waals surface area contributed by atoms with Gasteiger partial charge in [-0.1, -0.05) is 0 Å². The SMILES string of the molecule is COCCN1C(=O)CO[C@H]2CCN(C(=O)CN3CCOCC3)CC[C@@H]21. The summed E-state index contributed by atoms with van der Waals surface area (Å²) in [5.41, 5.74) is 0. The van der Waals surface area contributed by atoms with Crippen molar-refractivity contribution in [2.24, 2.45) is 0 Å². The zero-order valence-corrected chi connectivity index (χ0v) is 15.0. The summed E-state index contributed by atoms with van der Waals surface area (Å²) < 4.78 is 16.2. The highest BCUT2D eigenvalue weighted by Crippen LogP contribution is 2.24. The molecule has 0 aliphatic carbocycles. The molecular formula is C17H29N3O5. The van der Waals surface area contributed by atoms with E-state index in [1.54, 1.807) is 7.11 Å². The molecule has 8 nitrogen and oxygen atoms in total. The van der Waals surface area contributed by atoms with Crippen LogP contribution in [0.3, 0.4) is 0 Å². The normalized spacial score (nSPS) is 28.6. The molecule has 0 radical (unpaired) electrons. The molecule has 3 aliphatic heterocycles. The molecule has 0 saturated carbocycles. The second-order valence-corrected chi connectivity index (χ2v) is 6.84. The van der Waals surface area contributed by atoms with Crippen molar-refractivity contribution in [3.05, 3.63) is 0 Å². The molecule has 3 rings (SSSR count). The minimum absolute atomic E-state index is 0.00995. The number of likely N-dealkylation sites (tertiary alicyclic amines) is 1. The first-order valence-electron chi connectivity index (χ1n) is 9.17. The van der Waals surface area contributed by atoms with Gasteiger partial charge in [-0.15, -0.1) is 0 Å². The van der Waals surface area contributed by atoms with Gasteiger partial charge in [-0.05, 0) is 12.8 Å². The van der Waals surface area contributed by atoms with Crippen molar-refractivity contribution in [1.29, 1.82) is 0 Å². The van der Waals surface area contributed by atoms with Crippen molar-refractivity contribution in [2.45, 2.75) is 25.0 Å². The van der Waals surface area contributed by atoms with Gasteiger partial charge in [0.15, 0.2) is 0 Å². The van der Waals surface area contributed by atoms with Gasteiger partial charge in [-0.25, -0.2) is 0 Å². The highest BCUT2D eigenvalue weighted by Gasteiger charge is 2.38. The third-order valence-corrected chi connectivity index (χ3v) is 5.30. The predicted octanol–water partition coefficient (Wildman–Crippen LogP) is -0.817. The van der Waals surface area contributed by atoms with Crippen LogP contribution in [0.2, 0.25) is 0 Å². The van der Waals surface area contributed by atoms with E-state index in [1.807, 2.05) is 9.80 Å². The molecule has 0 aromatic carbocycles. The fraction of sp³-hybridized carbons (Fsp3) is 0.882. The number of rotatable bonds is 5. The molecule has 142 valence electrons. The lowest BCUT2D eigenvalue weighted by molar-refractivity contribution is -0.158. The van der Waals surface area contributed by atoms with E-state index in [0.29, 0.717) is 46.0 Å². The third-order valence-electron chi connectivity index (χ3n) is 5.30. The predicted molar refractivity (Wildman–Crippen MR) is 90.2 cm³/mol. The van der Waals surface area contributed by atoms with Crippen LogP contribution in [-0.4, -0.2) is 111 Å². The lowest BCUT2D eigenvalue weighted by Crippen LogP contribution is -2.55. The summed E-state index contributed by atoms with van der Waals surface area (Å²) in [6.45, 7) is 6.07. The highest BCUT2D eigenvalue weighted by molar-refractivity contribution is 5.79. The third kappa shape index (κ3) is 4.69. The fourth-order valence-electron chi connectivity index (χ4n) is 3.84. The molecule has 2 atom stereocenters. The van der Waals surface area contributed by atoms with Gasteiger partial charge < -0.3 is 24.0 Å². The van der Waals surface area contributed by atoms with Crippen LogP contribution in [0.15, 0.2) is 0 Å². The summed E-state index contributed by atoms with van der Waals surface area (Å²) in [6, 6.07) is 0.0394. The molecule has 0 aromatic heterocycles. The van der Waals surface area contributed by atoms with Crippen LogP contribution >= 0.6 is 0 Å². The molecule has 8 heteroatoms. The lowest BCUT2D eigenvalue weighted by atomic mass is 10.0. The standard InChI is InChI=1S/C17H29N3O5/c1-23-9-8-20-14-2-4-19(5-3-15(14)25-13-17(20)22)16(21)12-18-6-10-24-11-7-18/h14-15H,2-13H2,1H3/t14-,15-/m0/s1. The van der Waals surface area contributed by atoms with E-state index in [0.717, 1.165) is 25.9 Å². The van der Waals surface area contributed by atoms with Crippen LogP contribution in [0.5, 0.6) is 0 Å². The second kappa shape index (κ2) is 8.93. The Bertz CT molecular complexity index is 469. The Morgan fingerprint density at radius 1 is 1.20 bits per heavy atom. The van der Waals surface area contributed by atoms with Crippen molar-refractivity contribution < 1.29 is 23.8 Å². The molecule has 0 unspecified atom stereocenters. The Morgan fingerprint density at radius 2 is 1.96 bits per heavy atom. The Kier molecular flexibility index (Phi) is 6.63. The number of ether oxygens (including phenoxy) is 3. The van der Waals surface area contributed by atoms with Gasteiger partial charge in [0.1, 0.15) is 6.61 Å². The molecule has 2 amide bonds. The van der Waals surface area contributed by atoms with E-state index in [1.165, 1.54) is 0 Å². The van der Waals surface area contributed by atoms with Gasteiger partial charge in [-0.3, -0.25) is 14.5 Å². The largest absolute Gasteiger partial charge is 0.383 e. The molecule has 3 aliphatic rings. The van der Waals surface area contributed by atoms with Crippen molar-refractivity contribution in [3.63, 3.8) is 0 Å². The number of nitrogens with zero attached hydrogens (tertiary/aromatic N) is 3. The van der Waals surface area contributed by atoms with E-state index < -0.39 is 0 Å². The van der Waals surface area contributed by atoms with Crippen LogP contribution in [0.25, 0.3) is 0 Å². The van der Waals surface area contributed by atoms with Crippen LogP contribution in [0, 0.1) is 0 Å². The Hall–Kier alpha value is -1.22. The zero-order valence-electron chi connectivity index (χ0n) is 15.0. The number of carbonyl (C=O) groups excluding carboxylic acids is 2. The van der Waals surface area contributed by atoms with Crippen molar-refractivity contribution in [2.75, 3.05) is 72.8 Å². The van der Waals surface area contributed by atoms with E-state index in [2.05, 4.69) is 4.90 Å². The number of hydrogen-bond acceptors (Lipinski definition) is 6. The van der Waals surface area contributed by atoms with E-state index in [9.17, 15) is 9.59 Å². The molecule has 3 fully saturated rings. The molecular weight excluding hydrogens is 326 g/mol. The summed E-state index contributed by atoms with van der Waals surface area (Å²) >= 11 is 0. The van der Waals surface area contributed by atoms with Gasteiger partial charge in [0.05, 0.1) is 38.5 Å². The monoisotopic (exact) mass is 355 g/mol. The van der Waals surface area contributed by atoms with Gasteiger partial charge >= 0.3 is 0 Å². The quantitative estimate of drug-likeness (QED) is 0.642. The van der Waals surface area contributed by atoms with Crippen molar-refractivity contribution in [3.8, 4) is 0 Å². The van der Waals surface area contributed by atoms with Gasteiger partial charge in [-0.2, -0.15) is 0 Å². The second-order valence-electron chi connectivity index (χ2n) is 6.84. The molecule has 25 heavy (non-hydrogen) atoms. The maximum absolute atomic E-state index is 12.6. The van der Waals surface area contributed by atoms with Gasteiger partial charge in [0, 0.05) is 39.8 Å². The number of methoxy groups -OCH3 is 1. The number of carbonyl (C=O) groups is 2. The maximum atomic E-state index is 12.6. The van der Waals surface area contributed by atoms with Crippen LogP contribution in [-0.2, 0) is 23.8 Å². The van der Waals surface area contributed by atoms with Crippen LogP contribution in [0.4, 0.5) is 0 Å². The van der Waals surface area contributed by atoms with E-state index in [-0.39, 0.29) is 30.6 Å². The number of fused-ring (bicyclic) bond motifs is 1. The van der Waals surface area contributed by atoms with Crippen molar-refractivity contribution >= 4 is 11.8 Å². The van der Waals surface area contributed by atoms with Gasteiger partial charge in [0.25, 0.3) is 0 Å². The summed E-state index contributed by atoms with van der Waals surface area (Å²) in [5.74, 6) is 0.182. The Balaban J connectivity index is 1.56. The number of amides is 2. The summed E-state index contributed by atoms with van der Waals surface area (Å²) in [4.78, 5) is 30.8. The summed E-state index contributed by atoms with van der Waals surface area (Å²) in [6.07, 6.45) is 1.54. The average Bonchev–Trinajstić information content (AvgIpc) is 2.84. The molecule has 0 spiro atoms. The van der Waals surface area contributed by atoms with Crippen LogP contribution in [0.1, 0.15) is 12.8 Å². The summed E-state index contributed by atoms with van der Waals surface area (Å²) in [5, 5.41) is 0. The molecule has 0 N–H and O–H groups in total.